The second-order valence-corrected chi connectivity index (χ2v) is 9.72. The first-order chi connectivity index (χ1) is 11.4. The predicted molar refractivity (Wildman–Crippen MR) is 93.3 cm³/mol. The summed E-state index contributed by atoms with van der Waals surface area (Å²) >= 11 is 0. The number of rotatable bonds is 2. The van der Waals surface area contributed by atoms with E-state index in [9.17, 15) is 10.1 Å². The molecule has 0 radical (unpaired) electrons. The second-order valence-electron chi connectivity index (χ2n) is 9.72. The van der Waals surface area contributed by atoms with Crippen molar-refractivity contribution in [2.75, 3.05) is 7.11 Å². The number of hydrogen-bond acceptors (Lipinski definition) is 3. The first-order valence-corrected chi connectivity index (χ1v) is 10.1. The van der Waals surface area contributed by atoms with E-state index in [0.717, 1.165) is 31.1 Å². The summed E-state index contributed by atoms with van der Waals surface area (Å²) < 4.78 is 5.75. The van der Waals surface area contributed by atoms with Gasteiger partial charge in [0.05, 0.1) is 6.10 Å². The van der Waals surface area contributed by atoms with Gasteiger partial charge in [-0.3, -0.25) is 10.1 Å². The van der Waals surface area contributed by atoms with Gasteiger partial charge in [0, 0.05) is 23.9 Å². The molecule has 136 valence electrons. The average Bonchev–Trinajstić information content (AvgIpc) is 2.91. The molecule has 24 heavy (non-hydrogen) atoms. The Bertz CT molecular complexity index is 523. The maximum absolute atomic E-state index is 11.6. The first-order valence-electron chi connectivity index (χ1n) is 10.1. The van der Waals surface area contributed by atoms with Crippen molar-refractivity contribution in [2.45, 2.75) is 83.8 Å². The van der Waals surface area contributed by atoms with Gasteiger partial charge >= 0.3 is 0 Å². The van der Waals surface area contributed by atoms with E-state index in [-0.39, 0.29) is 16.4 Å². The normalized spacial score (nSPS) is 53.8. The van der Waals surface area contributed by atoms with Crippen molar-refractivity contribution in [3.05, 3.63) is 10.1 Å². The molecule has 0 bridgehead atoms. The molecule has 0 saturated heterocycles. The molecular weight excluding hydrogens is 302 g/mol. The van der Waals surface area contributed by atoms with Gasteiger partial charge in [-0.05, 0) is 80.5 Å². The van der Waals surface area contributed by atoms with E-state index >= 15 is 0 Å². The van der Waals surface area contributed by atoms with E-state index in [1.165, 1.54) is 38.5 Å². The highest BCUT2D eigenvalue weighted by molar-refractivity contribution is 5.09. The molecule has 4 fully saturated rings. The molecule has 0 N–H and O–H groups in total. The molecule has 4 aliphatic carbocycles. The lowest BCUT2D eigenvalue weighted by Gasteiger charge is -2.60. The van der Waals surface area contributed by atoms with Crippen LogP contribution in [0.1, 0.15) is 71.6 Å². The minimum absolute atomic E-state index is 0.0369. The molecule has 0 heterocycles. The predicted octanol–water partition coefficient (Wildman–Crippen LogP) is 4.69. The van der Waals surface area contributed by atoms with Crippen LogP contribution in [0, 0.1) is 44.6 Å². The van der Waals surface area contributed by atoms with Gasteiger partial charge in [-0.1, -0.05) is 13.8 Å². The highest BCUT2D eigenvalue weighted by Gasteiger charge is 2.63. The number of fused-ring (bicyclic) bond motifs is 5. The quantitative estimate of drug-likeness (QED) is 0.543. The molecule has 4 heteroatoms. The Morgan fingerprint density at radius 1 is 0.958 bits per heavy atom. The van der Waals surface area contributed by atoms with Crippen LogP contribution in [0.25, 0.3) is 0 Å². The van der Waals surface area contributed by atoms with Crippen LogP contribution in [0.5, 0.6) is 0 Å². The zero-order valence-electron chi connectivity index (χ0n) is 15.5. The molecule has 8 atom stereocenters. The highest BCUT2D eigenvalue weighted by Crippen LogP contribution is 2.66. The SMILES string of the molecule is CO[C@@H]1CCC2CCC3C(CC[C@@]4(C)C3CCC4[N+](=O)[O-])[C@@]2(C)C1. The van der Waals surface area contributed by atoms with E-state index in [2.05, 4.69) is 13.8 Å². The lowest BCUT2D eigenvalue weighted by atomic mass is 9.45. The zero-order chi connectivity index (χ0) is 17.1. The topological polar surface area (TPSA) is 52.4 Å². The lowest BCUT2D eigenvalue weighted by molar-refractivity contribution is -0.540. The van der Waals surface area contributed by atoms with Crippen molar-refractivity contribution in [3.63, 3.8) is 0 Å². The van der Waals surface area contributed by atoms with E-state index < -0.39 is 0 Å². The Morgan fingerprint density at radius 2 is 1.67 bits per heavy atom. The van der Waals surface area contributed by atoms with Crippen LogP contribution in [0.4, 0.5) is 0 Å². The van der Waals surface area contributed by atoms with Crippen LogP contribution < -0.4 is 0 Å². The molecule has 0 aromatic carbocycles. The van der Waals surface area contributed by atoms with E-state index in [0.29, 0.717) is 23.4 Å². The fourth-order valence-electron chi connectivity index (χ4n) is 7.83. The monoisotopic (exact) mass is 335 g/mol. The molecule has 0 aliphatic heterocycles. The number of nitrogens with zero attached hydrogens (tertiary/aromatic N) is 1. The number of methoxy groups -OCH3 is 1. The highest BCUT2D eigenvalue weighted by atomic mass is 16.6. The van der Waals surface area contributed by atoms with Crippen molar-refractivity contribution in [1.82, 2.24) is 0 Å². The van der Waals surface area contributed by atoms with Crippen molar-refractivity contribution in [1.29, 1.82) is 0 Å². The molecule has 4 aliphatic rings. The minimum Gasteiger partial charge on any atom is -0.381 e. The summed E-state index contributed by atoms with van der Waals surface area (Å²) in [5.41, 5.74) is 0.346. The fraction of sp³-hybridized carbons (Fsp3) is 1.00. The summed E-state index contributed by atoms with van der Waals surface area (Å²) in [7, 11) is 1.87. The summed E-state index contributed by atoms with van der Waals surface area (Å²) in [5.74, 6) is 2.90. The van der Waals surface area contributed by atoms with Crippen LogP contribution in [0.15, 0.2) is 0 Å². The molecule has 4 saturated carbocycles. The molecule has 0 amide bonds. The van der Waals surface area contributed by atoms with Crippen LogP contribution in [0.3, 0.4) is 0 Å². The second kappa shape index (κ2) is 5.69. The van der Waals surface area contributed by atoms with Crippen LogP contribution in [-0.4, -0.2) is 24.2 Å². The molecular formula is C20H33NO3. The zero-order valence-corrected chi connectivity index (χ0v) is 15.5. The minimum atomic E-state index is -0.299. The fourth-order valence-corrected chi connectivity index (χ4v) is 7.83. The summed E-state index contributed by atoms with van der Waals surface area (Å²) in [4.78, 5) is 11.6. The van der Waals surface area contributed by atoms with Crippen molar-refractivity contribution in [2.24, 2.45) is 34.5 Å². The Hall–Kier alpha value is -0.640. The van der Waals surface area contributed by atoms with Gasteiger partial charge in [0.15, 0.2) is 0 Å². The summed E-state index contributed by atoms with van der Waals surface area (Å²) in [6, 6.07) is -0.299. The third kappa shape index (κ3) is 2.21. The number of hydrogen-bond donors (Lipinski definition) is 0. The Labute approximate surface area is 145 Å². The van der Waals surface area contributed by atoms with E-state index in [4.69, 9.17) is 4.74 Å². The molecule has 4 rings (SSSR count). The third-order valence-corrected chi connectivity index (χ3v) is 9.11. The van der Waals surface area contributed by atoms with Gasteiger partial charge in [-0.25, -0.2) is 0 Å². The van der Waals surface area contributed by atoms with Crippen LogP contribution in [-0.2, 0) is 4.74 Å². The average molecular weight is 335 g/mol. The van der Waals surface area contributed by atoms with Crippen LogP contribution >= 0.6 is 0 Å². The molecule has 0 aromatic rings. The molecule has 0 spiro atoms. The summed E-state index contributed by atoms with van der Waals surface area (Å²) in [6.07, 6.45) is 11.0. The largest absolute Gasteiger partial charge is 0.381 e. The van der Waals surface area contributed by atoms with E-state index in [1.54, 1.807) is 0 Å². The molecule has 0 aromatic heterocycles. The van der Waals surface area contributed by atoms with Gasteiger partial charge in [-0.15, -0.1) is 0 Å². The summed E-state index contributed by atoms with van der Waals surface area (Å²) in [6.45, 7) is 4.77. The lowest BCUT2D eigenvalue weighted by Crippen LogP contribution is -2.55. The third-order valence-electron chi connectivity index (χ3n) is 9.11. The number of nitro groups is 1. The van der Waals surface area contributed by atoms with E-state index in [1.807, 2.05) is 7.11 Å². The van der Waals surface area contributed by atoms with Gasteiger partial charge in [0.25, 0.3) is 0 Å². The Balaban J connectivity index is 1.61. The first kappa shape index (κ1) is 16.8. The van der Waals surface area contributed by atoms with Crippen molar-refractivity contribution < 1.29 is 9.66 Å². The van der Waals surface area contributed by atoms with Gasteiger partial charge in [-0.2, -0.15) is 0 Å². The Morgan fingerprint density at radius 3 is 2.38 bits per heavy atom. The van der Waals surface area contributed by atoms with Gasteiger partial charge in [0.2, 0.25) is 6.04 Å². The molecule has 5 unspecified atom stereocenters. The number of ether oxygens (including phenoxy) is 1. The molecule has 4 nitrogen and oxygen atoms in total. The summed E-state index contributed by atoms with van der Waals surface area (Å²) in [5, 5.41) is 11.6. The van der Waals surface area contributed by atoms with Gasteiger partial charge < -0.3 is 4.74 Å². The maximum Gasteiger partial charge on any atom is 0.218 e. The van der Waals surface area contributed by atoms with Crippen molar-refractivity contribution in [3.8, 4) is 0 Å². The Kier molecular flexibility index (Phi) is 3.98. The smallest absolute Gasteiger partial charge is 0.218 e. The van der Waals surface area contributed by atoms with Crippen molar-refractivity contribution >= 4 is 0 Å². The van der Waals surface area contributed by atoms with Gasteiger partial charge in [0.1, 0.15) is 0 Å². The standard InChI is InChI=1S/C20H33NO3/c1-19-11-10-17-15(16(19)8-9-18(19)21(22)23)7-5-13-4-6-14(24-3)12-20(13,17)2/h13-18H,4-12H2,1-3H3/t13?,14-,15?,16?,17?,18?,19+,20+/m1/s1. The maximum atomic E-state index is 11.6. The van der Waals surface area contributed by atoms with Crippen LogP contribution in [0.2, 0.25) is 0 Å².